The lowest BCUT2D eigenvalue weighted by atomic mass is 10.2. The predicted molar refractivity (Wildman–Crippen MR) is 91.2 cm³/mol. The van der Waals surface area contributed by atoms with E-state index < -0.39 is 5.91 Å². The highest BCUT2D eigenvalue weighted by atomic mass is 35.5. The molecule has 118 valence electrons. The maximum atomic E-state index is 12.2. The van der Waals surface area contributed by atoms with E-state index in [0.717, 1.165) is 0 Å². The fraction of sp³-hybridized carbons (Fsp3) is 0.0625. The van der Waals surface area contributed by atoms with Crippen LogP contribution < -0.4 is 10.6 Å². The quantitative estimate of drug-likeness (QED) is 0.810. The van der Waals surface area contributed by atoms with Crippen LogP contribution in [0.15, 0.2) is 49.1 Å². The molecular formula is C16H13Cl2N3O2. The monoisotopic (exact) mass is 349 g/mol. The zero-order chi connectivity index (χ0) is 16.8. The Bertz CT molecular complexity index is 763. The first kappa shape index (κ1) is 17.0. The van der Waals surface area contributed by atoms with E-state index in [-0.39, 0.29) is 17.3 Å². The van der Waals surface area contributed by atoms with Gasteiger partial charge < -0.3 is 10.6 Å². The molecule has 0 atom stereocenters. The number of rotatable bonds is 5. The minimum Gasteiger partial charge on any atom is -0.347 e. The van der Waals surface area contributed by atoms with E-state index in [2.05, 4.69) is 22.2 Å². The van der Waals surface area contributed by atoms with Gasteiger partial charge in [0.1, 0.15) is 11.4 Å². The van der Waals surface area contributed by atoms with Crippen LogP contribution in [0.3, 0.4) is 0 Å². The summed E-state index contributed by atoms with van der Waals surface area (Å²) in [6.07, 6.45) is 1.55. The van der Waals surface area contributed by atoms with Crippen LogP contribution in [0.4, 0.5) is 5.69 Å². The van der Waals surface area contributed by atoms with Crippen molar-refractivity contribution in [1.29, 1.82) is 0 Å². The molecule has 23 heavy (non-hydrogen) atoms. The van der Waals surface area contributed by atoms with Crippen molar-refractivity contribution in [2.24, 2.45) is 0 Å². The number of pyridine rings is 1. The van der Waals surface area contributed by atoms with Gasteiger partial charge >= 0.3 is 0 Å². The van der Waals surface area contributed by atoms with Crippen molar-refractivity contribution in [1.82, 2.24) is 10.3 Å². The van der Waals surface area contributed by atoms with Gasteiger partial charge in [0.25, 0.3) is 11.8 Å². The molecule has 0 bridgehead atoms. The summed E-state index contributed by atoms with van der Waals surface area (Å²) < 4.78 is 0. The van der Waals surface area contributed by atoms with Gasteiger partial charge in [-0.15, -0.1) is 6.58 Å². The smallest absolute Gasteiger partial charge is 0.274 e. The molecule has 0 aliphatic rings. The van der Waals surface area contributed by atoms with Crippen molar-refractivity contribution in [3.8, 4) is 0 Å². The first-order valence-corrected chi connectivity index (χ1v) is 7.39. The summed E-state index contributed by atoms with van der Waals surface area (Å²) in [6, 6.07) is 9.34. The molecular weight excluding hydrogens is 337 g/mol. The third-order valence-electron chi connectivity index (χ3n) is 2.80. The van der Waals surface area contributed by atoms with Gasteiger partial charge in [0, 0.05) is 12.2 Å². The van der Waals surface area contributed by atoms with Crippen LogP contribution in [0.2, 0.25) is 10.0 Å². The Morgan fingerprint density at radius 3 is 2.43 bits per heavy atom. The third kappa shape index (κ3) is 4.55. The number of aromatic nitrogens is 1. The Hall–Kier alpha value is -2.37. The Kier molecular flexibility index (Phi) is 5.73. The topological polar surface area (TPSA) is 71.1 Å². The number of hydrogen-bond donors (Lipinski definition) is 2. The summed E-state index contributed by atoms with van der Waals surface area (Å²) in [5.74, 6) is -0.837. The van der Waals surface area contributed by atoms with Gasteiger partial charge in [-0.05, 0) is 30.3 Å². The van der Waals surface area contributed by atoms with Crippen molar-refractivity contribution in [2.75, 3.05) is 11.9 Å². The molecule has 1 heterocycles. The van der Waals surface area contributed by atoms with Crippen molar-refractivity contribution in [3.63, 3.8) is 0 Å². The highest BCUT2D eigenvalue weighted by molar-refractivity contribution is 6.42. The van der Waals surface area contributed by atoms with Gasteiger partial charge in [-0.1, -0.05) is 35.3 Å². The van der Waals surface area contributed by atoms with Crippen LogP contribution >= 0.6 is 23.2 Å². The molecule has 0 fully saturated rings. The van der Waals surface area contributed by atoms with Crippen molar-refractivity contribution >= 4 is 40.7 Å². The molecule has 7 heteroatoms. The summed E-state index contributed by atoms with van der Waals surface area (Å²) in [5.41, 5.74) is 0.740. The lowest BCUT2D eigenvalue weighted by Gasteiger charge is -2.07. The number of nitrogens with zero attached hydrogens (tertiary/aromatic N) is 1. The van der Waals surface area contributed by atoms with Gasteiger partial charge in [-0.25, -0.2) is 4.98 Å². The van der Waals surface area contributed by atoms with Crippen LogP contribution in [-0.2, 0) is 0 Å². The van der Waals surface area contributed by atoms with Gasteiger partial charge in [-0.2, -0.15) is 0 Å². The van der Waals surface area contributed by atoms with Crippen LogP contribution in [0.1, 0.15) is 21.0 Å². The van der Waals surface area contributed by atoms with Crippen LogP contribution in [0.25, 0.3) is 0 Å². The maximum absolute atomic E-state index is 12.2. The average Bonchev–Trinajstić information content (AvgIpc) is 2.56. The lowest BCUT2D eigenvalue weighted by molar-refractivity contribution is 0.0953. The number of carbonyl (C=O) groups excluding carboxylic acids is 2. The highest BCUT2D eigenvalue weighted by Crippen LogP contribution is 2.25. The predicted octanol–water partition coefficient (Wildman–Crippen LogP) is 3.56. The Balaban J connectivity index is 2.14. The van der Waals surface area contributed by atoms with E-state index in [0.29, 0.717) is 22.3 Å². The number of halogens is 2. The normalized spacial score (nSPS) is 10.0. The van der Waals surface area contributed by atoms with E-state index >= 15 is 0 Å². The van der Waals surface area contributed by atoms with Crippen LogP contribution in [-0.4, -0.2) is 23.3 Å². The summed E-state index contributed by atoms with van der Waals surface area (Å²) >= 11 is 11.7. The Morgan fingerprint density at radius 1 is 1.09 bits per heavy atom. The van der Waals surface area contributed by atoms with Gasteiger partial charge in [-0.3, -0.25) is 9.59 Å². The summed E-state index contributed by atoms with van der Waals surface area (Å²) in [7, 11) is 0. The molecule has 1 aromatic heterocycles. The number of carbonyl (C=O) groups is 2. The molecule has 0 saturated carbocycles. The minimum absolute atomic E-state index is 0.113. The molecule has 2 N–H and O–H groups in total. The standard InChI is InChI=1S/C16H13Cl2N3O2/c1-2-8-19-15(22)13-4-3-5-14(21-13)16(23)20-10-6-7-11(17)12(18)9-10/h2-7,9H,1,8H2,(H,19,22)(H,20,23). The molecule has 0 radical (unpaired) electrons. The fourth-order valence-corrected chi connectivity index (χ4v) is 2.01. The van der Waals surface area contributed by atoms with Crippen molar-refractivity contribution in [2.45, 2.75) is 0 Å². The second-order valence-electron chi connectivity index (χ2n) is 4.49. The average molecular weight is 350 g/mol. The molecule has 1 aromatic carbocycles. The van der Waals surface area contributed by atoms with E-state index in [1.54, 1.807) is 24.3 Å². The molecule has 5 nitrogen and oxygen atoms in total. The minimum atomic E-state index is -0.457. The van der Waals surface area contributed by atoms with E-state index in [9.17, 15) is 9.59 Å². The molecule has 2 rings (SSSR count). The van der Waals surface area contributed by atoms with Crippen LogP contribution in [0.5, 0.6) is 0 Å². The molecule has 0 spiro atoms. The van der Waals surface area contributed by atoms with Gasteiger partial charge in [0.05, 0.1) is 10.0 Å². The van der Waals surface area contributed by atoms with Crippen LogP contribution in [0, 0.1) is 0 Å². The number of hydrogen-bond acceptors (Lipinski definition) is 3. The second-order valence-corrected chi connectivity index (χ2v) is 5.30. The van der Waals surface area contributed by atoms with Gasteiger partial charge in [0.2, 0.25) is 0 Å². The van der Waals surface area contributed by atoms with Crippen molar-refractivity contribution in [3.05, 3.63) is 70.5 Å². The Labute approximate surface area is 143 Å². The SMILES string of the molecule is C=CCNC(=O)c1cccc(C(=O)Nc2ccc(Cl)c(Cl)c2)n1. The number of benzene rings is 1. The zero-order valence-corrected chi connectivity index (χ0v) is 13.5. The van der Waals surface area contributed by atoms with E-state index in [1.807, 2.05) is 0 Å². The highest BCUT2D eigenvalue weighted by Gasteiger charge is 2.12. The largest absolute Gasteiger partial charge is 0.347 e. The molecule has 0 saturated heterocycles. The molecule has 0 aliphatic heterocycles. The summed E-state index contributed by atoms with van der Waals surface area (Å²) in [4.78, 5) is 28.1. The van der Waals surface area contributed by atoms with E-state index in [4.69, 9.17) is 23.2 Å². The second kappa shape index (κ2) is 7.76. The molecule has 2 aromatic rings. The van der Waals surface area contributed by atoms with Gasteiger partial charge in [0.15, 0.2) is 0 Å². The first-order valence-electron chi connectivity index (χ1n) is 6.64. The Morgan fingerprint density at radius 2 is 1.78 bits per heavy atom. The first-order chi connectivity index (χ1) is 11.0. The third-order valence-corrected chi connectivity index (χ3v) is 3.54. The lowest BCUT2D eigenvalue weighted by Crippen LogP contribution is -2.25. The van der Waals surface area contributed by atoms with E-state index in [1.165, 1.54) is 18.2 Å². The zero-order valence-electron chi connectivity index (χ0n) is 12.0. The summed E-state index contributed by atoms with van der Waals surface area (Å²) in [6.45, 7) is 3.83. The number of anilines is 1. The molecule has 2 amide bonds. The maximum Gasteiger partial charge on any atom is 0.274 e. The molecule has 0 unspecified atom stereocenters. The number of nitrogens with one attached hydrogen (secondary N) is 2. The molecule has 0 aliphatic carbocycles. The fourth-order valence-electron chi connectivity index (χ4n) is 1.71. The van der Waals surface area contributed by atoms with Crippen molar-refractivity contribution < 1.29 is 9.59 Å². The summed E-state index contributed by atoms with van der Waals surface area (Å²) in [5, 5.41) is 5.96. The number of amides is 2.